The second-order valence-corrected chi connectivity index (χ2v) is 11.8. The maximum absolute atomic E-state index is 3.30. The molecule has 2 aliphatic carbocycles. The van der Waals surface area contributed by atoms with Crippen molar-refractivity contribution >= 4 is 16.6 Å². The largest absolute Gasteiger partial charge is 0.179 e. The van der Waals surface area contributed by atoms with Crippen LogP contribution in [0.1, 0.15) is 17.5 Å². The van der Waals surface area contributed by atoms with E-state index in [1.54, 1.807) is 0 Å². The van der Waals surface area contributed by atoms with Crippen LogP contribution >= 0.6 is 0 Å². The van der Waals surface area contributed by atoms with Gasteiger partial charge >= 0.3 is 96.4 Å². The van der Waals surface area contributed by atoms with Gasteiger partial charge in [-0.1, -0.05) is 35.4 Å². The Morgan fingerprint density at radius 1 is 0.676 bits per heavy atom. The Balaban J connectivity index is 0.000000191. The molecule has 4 heteroatoms. The van der Waals surface area contributed by atoms with Gasteiger partial charge < -0.3 is 24.8 Å². The molecule has 0 atom stereocenters. The zero-order valence-corrected chi connectivity index (χ0v) is 22.8. The minimum atomic E-state index is -0.545. The van der Waals surface area contributed by atoms with E-state index in [2.05, 4.69) is 134 Å². The van der Waals surface area contributed by atoms with Crippen LogP contribution in [0.25, 0.3) is 11.1 Å². The third-order valence-corrected chi connectivity index (χ3v) is 9.85. The molecule has 0 aliphatic heterocycles. The molecule has 0 nitrogen and oxygen atoms in total. The molecule has 4 aromatic carbocycles. The van der Waals surface area contributed by atoms with Gasteiger partial charge in [0, 0.05) is 0 Å². The van der Waals surface area contributed by atoms with Crippen molar-refractivity contribution < 1.29 is 44.0 Å². The number of benzene rings is 4. The number of hydrogen-bond acceptors (Lipinski definition) is 0. The molecule has 34 heavy (non-hydrogen) atoms. The summed E-state index contributed by atoms with van der Waals surface area (Å²) in [5, 5.41) is 2.95. The van der Waals surface area contributed by atoms with Gasteiger partial charge in [-0.2, -0.15) is 35.9 Å². The Bertz CT molecular complexity index is 1140. The van der Waals surface area contributed by atoms with E-state index in [9.17, 15) is 0 Å². The average molecular weight is 531 g/mol. The van der Waals surface area contributed by atoms with Gasteiger partial charge in [0.1, 0.15) is 0 Å². The number of fused-ring (bicyclic) bond motifs is 3. The van der Waals surface area contributed by atoms with Gasteiger partial charge in [-0.15, -0.1) is 12.0 Å². The Morgan fingerprint density at radius 2 is 1.26 bits per heavy atom. The number of halogens is 2. The van der Waals surface area contributed by atoms with Crippen molar-refractivity contribution in [3.05, 3.63) is 145 Å². The third kappa shape index (κ3) is 7.70. The molecule has 0 heterocycles. The molecule has 168 valence electrons. The summed E-state index contributed by atoms with van der Waals surface area (Å²) in [7, 11) is 0. The van der Waals surface area contributed by atoms with E-state index in [-0.39, 0.29) is 24.8 Å². The van der Waals surface area contributed by atoms with Gasteiger partial charge in [-0.3, -0.25) is 6.08 Å². The number of hydrogen-bond donors (Lipinski definition) is 0. The van der Waals surface area contributed by atoms with Crippen molar-refractivity contribution in [2.45, 2.75) is 12.8 Å². The summed E-state index contributed by atoms with van der Waals surface area (Å²) in [5.74, 6) is 0. The van der Waals surface area contributed by atoms with Crippen LogP contribution < -0.4 is 35.2 Å². The molecule has 0 radical (unpaired) electrons. The van der Waals surface area contributed by atoms with Crippen LogP contribution in [0.15, 0.2) is 121 Å². The average Bonchev–Trinajstić information content (AvgIpc) is 3.57. The fourth-order valence-electron chi connectivity index (χ4n) is 3.71. The van der Waals surface area contributed by atoms with Crippen LogP contribution in [0.3, 0.4) is 0 Å². The van der Waals surface area contributed by atoms with E-state index in [1.807, 2.05) is 18.2 Å². The SMILES string of the molecule is [C-]1=CC=CC1.[Cl-].[Cl-].[Ti+2]=[Si](c1ccccc1)c1ccccc1.[c-]1cccc2c1Cc1ccccc1-2. The minimum absolute atomic E-state index is 0. The van der Waals surface area contributed by atoms with E-state index in [0.29, 0.717) is 0 Å². The van der Waals surface area contributed by atoms with E-state index < -0.39 is 6.19 Å². The summed E-state index contributed by atoms with van der Waals surface area (Å²) in [6.45, 7) is 0. The summed E-state index contributed by atoms with van der Waals surface area (Å²) < 4.78 is 0. The second kappa shape index (κ2) is 15.0. The molecule has 0 N–H and O–H groups in total. The quantitative estimate of drug-likeness (QED) is 0.217. The Labute approximate surface area is 227 Å². The minimum Gasteiger partial charge on any atom is -0.179 e. The Hall–Kier alpha value is -2.13. The zero-order valence-electron chi connectivity index (χ0n) is 18.7. The van der Waals surface area contributed by atoms with Crippen LogP contribution in [0.4, 0.5) is 0 Å². The molecule has 0 fully saturated rings. The Morgan fingerprint density at radius 3 is 1.82 bits per heavy atom. The third-order valence-electron chi connectivity index (χ3n) is 5.33. The van der Waals surface area contributed by atoms with Gasteiger partial charge in [0.25, 0.3) is 0 Å². The molecule has 0 amide bonds. The van der Waals surface area contributed by atoms with E-state index in [0.717, 1.165) is 12.8 Å². The van der Waals surface area contributed by atoms with Gasteiger partial charge in [-0.25, -0.2) is 12.2 Å². The maximum Gasteiger partial charge on any atom is -0.0253 e. The first-order valence-electron chi connectivity index (χ1n) is 10.8. The predicted molar refractivity (Wildman–Crippen MR) is 133 cm³/mol. The molecule has 0 unspecified atom stereocenters. The molecule has 2 aliphatic rings. The van der Waals surface area contributed by atoms with E-state index in [4.69, 9.17) is 0 Å². The fourth-order valence-corrected chi connectivity index (χ4v) is 6.66. The molecule has 0 saturated heterocycles. The molecule has 0 spiro atoms. The van der Waals surface area contributed by atoms with Gasteiger partial charge in [0.15, 0.2) is 0 Å². The van der Waals surface area contributed by atoms with E-state index in [1.165, 1.54) is 32.6 Å². The van der Waals surface area contributed by atoms with Crippen molar-refractivity contribution in [1.29, 1.82) is 0 Å². The fraction of sp³-hybridized carbons (Fsp3) is 0.0667. The molecule has 6 rings (SSSR count). The summed E-state index contributed by atoms with van der Waals surface area (Å²) in [5.41, 5.74) is 5.51. The predicted octanol–water partition coefficient (Wildman–Crippen LogP) is -0.289. The van der Waals surface area contributed by atoms with Gasteiger partial charge in [-0.05, 0) is 6.42 Å². The summed E-state index contributed by atoms with van der Waals surface area (Å²) in [4.78, 5) is 0. The van der Waals surface area contributed by atoms with Crippen LogP contribution in [-0.4, -0.2) is 6.19 Å². The first kappa shape index (κ1) is 28.1. The molecular formula is C30H24Cl2SiTi-2. The normalized spacial score (nSPS) is 11.4. The van der Waals surface area contributed by atoms with Crippen molar-refractivity contribution in [3.8, 4) is 11.1 Å². The van der Waals surface area contributed by atoms with Crippen LogP contribution in [0.2, 0.25) is 0 Å². The molecule has 4 aromatic rings. The topological polar surface area (TPSA) is 0 Å². The number of allylic oxidation sites excluding steroid dienone is 4. The standard InChI is InChI=1S/C13H9.C12H10Si.C5H5.2ClH.Ti/c1-3-7-12-10(5-1)9-11-6-2-4-8-13(11)12;1-3-7-11(8-4-1)13-12-9-5-2-6-10-12;1-2-4-5-3-1;;;/h1-5,7-8H,9H2;1-10H;1-3H,4H2;2*1H;/q-1;;-1;;;+2/p-2. The maximum atomic E-state index is 3.30. The van der Waals surface area contributed by atoms with Crippen LogP contribution in [0.5, 0.6) is 0 Å². The van der Waals surface area contributed by atoms with Gasteiger partial charge in [0.2, 0.25) is 0 Å². The zero-order chi connectivity index (χ0) is 22.0. The summed E-state index contributed by atoms with van der Waals surface area (Å²) >= 11 is 2.34. The monoisotopic (exact) mass is 530 g/mol. The van der Waals surface area contributed by atoms with Crippen LogP contribution in [-0.2, 0) is 25.6 Å². The Kier molecular flexibility index (Phi) is 12.4. The number of rotatable bonds is 2. The molecule has 0 bridgehead atoms. The summed E-state index contributed by atoms with van der Waals surface area (Å²) in [6, 6.07) is 39.6. The van der Waals surface area contributed by atoms with Crippen molar-refractivity contribution in [1.82, 2.24) is 0 Å². The summed E-state index contributed by atoms with van der Waals surface area (Å²) in [6.07, 6.45) is 10.5. The van der Waals surface area contributed by atoms with E-state index >= 15 is 0 Å². The molecular weight excluding hydrogens is 507 g/mol. The molecule has 0 aromatic heterocycles. The first-order valence-corrected chi connectivity index (χ1v) is 14.7. The van der Waals surface area contributed by atoms with Crippen molar-refractivity contribution in [3.63, 3.8) is 0 Å². The van der Waals surface area contributed by atoms with Crippen molar-refractivity contribution in [2.75, 3.05) is 0 Å². The van der Waals surface area contributed by atoms with Crippen molar-refractivity contribution in [2.24, 2.45) is 0 Å². The van der Waals surface area contributed by atoms with Gasteiger partial charge in [0.05, 0.1) is 0 Å². The van der Waals surface area contributed by atoms with Crippen LogP contribution in [0, 0.1) is 12.1 Å². The second-order valence-electron chi connectivity index (χ2n) is 7.51. The first-order chi connectivity index (χ1) is 15.8. The molecule has 0 saturated carbocycles. The smallest absolute Gasteiger partial charge is 0.0253 e.